The number of rotatable bonds is 3. The molecule has 2 aliphatic carbocycles. The molecule has 5 heteroatoms. The topological polar surface area (TPSA) is 72.8 Å². The molecule has 0 aromatic heterocycles. The molecule has 0 amide bonds. The van der Waals surface area contributed by atoms with E-state index in [2.05, 4.69) is 4.74 Å². The molecule has 0 aliphatic heterocycles. The highest BCUT2D eigenvalue weighted by Crippen LogP contribution is 2.66. The number of fused-ring (bicyclic) bond motifs is 1. The Balaban J connectivity index is 2.30. The van der Waals surface area contributed by atoms with Crippen LogP contribution < -0.4 is 0 Å². The summed E-state index contributed by atoms with van der Waals surface area (Å²) >= 11 is 0. The monoisotopic (exact) mass is 228 g/mol. The van der Waals surface area contributed by atoms with E-state index in [0.717, 1.165) is 19.3 Å². The number of ether oxygens (including phenoxy) is 2. The summed E-state index contributed by atoms with van der Waals surface area (Å²) in [4.78, 5) is 23.1. The second-order valence-corrected chi connectivity index (χ2v) is 4.50. The van der Waals surface area contributed by atoms with Gasteiger partial charge in [0.05, 0.1) is 13.2 Å². The number of hydrogen-bond donors (Lipinski definition) is 1. The Morgan fingerprint density at radius 2 is 2.00 bits per heavy atom. The van der Waals surface area contributed by atoms with Gasteiger partial charge in [-0.3, -0.25) is 9.59 Å². The maximum atomic E-state index is 11.7. The zero-order valence-corrected chi connectivity index (χ0v) is 9.43. The normalized spacial score (nSPS) is 41.0. The lowest BCUT2D eigenvalue weighted by atomic mass is 9.97. The van der Waals surface area contributed by atoms with Gasteiger partial charge in [-0.25, -0.2) is 0 Å². The molecular formula is C11H16O5. The first-order valence-electron chi connectivity index (χ1n) is 5.45. The molecule has 5 nitrogen and oxygen atoms in total. The van der Waals surface area contributed by atoms with Gasteiger partial charge in [0.15, 0.2) is 5.41 Å². The maximum absolute atomic E-state index is 11.7. The summed E-state index contributed by atoms with van der Waals surface area (Å²) < 4.78 is 9.92. The quantitative estimate of drug-likeness (QED) is 0.568. The van der Waals surface area contributed by atoms with Crippen LogP contribution in [0.2, 0.25) is 0 Å². The molecule has 2 rings (SSSR count). The lowest BCUT2D eigenvalue weighted by Crippen LogP contribution is -2.32. The smallest absolute Gasteiger partial charge is 0.323 e. The number of esters is 1. The van der Waals surface area contributed by atoms with Crippen LogP contribution in [0.15, 0.2) is 0 Å². The lowest BCUT2D eigenvalue weighted by Gasteiger charge is -2.19. The zero-order chi connectivity index (χ0) is 11.9. The van der Waals surface area contributed by atoms with Gasteiger partial charge in [-0.15, -0.1) is 0 Å². The van der Waals surface area contributed by atoms with E-state index in [0.29, 0.717) is 0 Å². The fourth-order valence-electron chi connectivity index (χ4n) is 3.28. The number of carboxylic acid groups (broad SMARTS) is 1. The first-order chi connectivity index (χ1) is 7.60. The van der Waals surface area contributed by atoms with E-state index in [1.165, 1.54) is 7.11 Å². The summed E-state index contributed by atoms with van der Waals surface area (Å²) in [7, 11) is 2.80. The standard InChI is InChI=1S/C11H16O5/c1-15-7-5-3-4-6-8(7)11(6,9(12)13)10(14)16-2/h6-8H,3-5H2,1-2H3,(H,12,13)/t6-,7+,8-,11-/m1/s1. The Morgan fingerprint density at radius 1 is 1.31 bits per heavy atom. The number of methoxy groups -OCH3 is 2. The van der Waals surface area contributed by atoms with Gasteiger partial charge < -0.3 is 14.6 Å². The first-order valence-corrected chi connectivity index (χ1v) is 5.45. The molecule has 0 aromatic carbocycles. The minimum absolute atomic E-state index is 0.115. The van der Waals surface area contributed by atoms with Gasteiger partial charge in [0.1, 0.15) is 0 Å². The third kappa shape index (κ3) is 1.21. The molecule has 90 valence electrons. The molecule has 0 saturated heterocycles. The van der Waals surface area contributed by atoms with Crippen molar-refractivity contribution in [1.29, 1.82) is 0 Å². The van der Waals surface area contributed by atoms with Crippen molar-refractivity contribution in [2.24, 2.45) is 17.3 Å². The lowest BCUT2D eigenvalue weighted by molar-refractivity contribution is -0.161. The molecule has 2 aliphatic rings. The van der Waals surface area contributed by atoms with Crippen LogP contribution in [0.5, 0.6) is 0 Å². The molecule has 1 N–H and O–H groups in total. The zero-order valence-electron chi connectivity index (χ0n) is 9.43. The molecule has 0 heterocycles. The van der Waals surface area contributed by atoms with Gasteiger partial charge in [-0.1, -0.05) is 6.42 Å². The molecule has 0 spiro atoms. The van der Waals surface area contributed by atoms with Crippen molar-refractivity contribution in [2.45, 2.75) is 25.4 Å². The Bertz CT molecular complexity index is 326. The second kappa shape index (κ2) is 3.73. The van der Waals surface area contributed by atoms with Gasteiger partial charge in [-0.05, 0) is 18.8 Å². The maximum Gasteiger partial charge on any atom is 0.323 e. The fourth-order valence-corrected chi connectivity index (χ4v) is 3.28. The van der Waals surface area contributed by atoms with E-state index < -0.39 is 17.4 Å². The van der Waals surface area contributed by atoms with E-state index in [-0.39, 0.29) is 17.9 Å². The van der Waals surface area contributed by atoms with Gasteiger partial charge >= 0.3 is 11.9 Å². The largest absolute Gasteiger partial charge is 0.480 e. The predicted molar refractivity (Wildman–Crippen MR) is 53.7 cm³/mol. The molecule has 2 fully saturated rings. The van der Waals surface area contributed by atoms with Crippen molar-refractivity contribution in [3.8, 4) is 0 Å². The minimum Gasteiger partial charge on any atom is -0.480 e. The first kappa shape index (κ1) is 11.4. The molecule has 0 unspecified atom stereocenters. The average molecular weight is 228 g/mol. The van der Waals surface area contributed by atoms with E-state index in [1.54, 1.807) is 7.11 Å². The number of carboxylic acids is 1. The van der Waals surface area contributed by atoms with Crippen LogP contribution in [0.4, 0.5) is 0 Å². The van der Waals surface area contributed by atoms with E-state index in [1.807, 2.05) is 0 Å². The number of aliphatic carboxylic acids is 1. The Hall–Kier alpha value is -1.10. The highest BCUT2D eigenvalue weighted by atomic mass is 16.5. The van der Waals surface area contributed by atoms with E-state index in [9.17, 15) is 14.7 Å². The Morgan fingerprint density at radius 3 is 2.50 bits per heavy atom. The van der Waals surface area contributed by atoms with Crippen LogP contribution in [0.25, 0.3) is 0 Å². The Labute approximate surface area is 93.7 Å². The fraction of sp³-hybridized carbons (Fsp3) is 0.818. The molecule has 0 radical (unpaired) electrons. The summed E-state index contributed by atoms with van der Waals surface area (Å²) in [6, 6.07) is 0. The number of carbonyl (C=O) groups excluding carboxylic acids is 1. The van der Waals surface area contributed by atoms with Crippen molar-refractivity contribution in [2.75, 3.05) is 14.2 Å². The van der Waals surface area contributed by atoms with Crippen molar-refractivity contribution in [3.05, 3.63) is 0 Å². The highest BCUT2D eigenvalue weighted by molar-refractivity contribution is 6.04. The molecule has 16 heavy (non-hydrogen) atoms. The van der Waals surface area contributed by atoms with Crippen LogP contribution >= 0.6 is 0 Å². The van der Waals surface area contributed by atoms with Crippen LogP contribution in [0, 0.1) is 17.3 Å². The molecule has 2 saturated carbocycles. The van der Waals surface area contributed by atoms with Gasteiger partial charge in [-0.2, -0.15) is 0 Å². The SMILES string of the molecule is COC(=O)[C@@]1(C(=O)O)[C@H]2[C@@H](OC)CCC[C@H]21. The molecular weight excluding hydrogens is 212 g/mol. The molecule has 0 aromatic rings. The summed E-state index contributed by atoms with van der Waals surface area (Å²) in [5.74, 6) is -2.02. The van der Waals surface area contributed by atoms with Crippen molar-refractivity contribution in [1.82, 2.24) is 0 Å². The minimum atomic E-state index is -1.34. The number of hydrogen-bond acceptors (Lipinski definition) is 4. The molecule has 0 bridgehead atoms. The van der Waals surface area contributed by atoms with Crippen LogP contribution in [-0.2, 0) is 19.1 Å². The summed E-state index contributed by atoms with van der Waals surface area (Å²) in [5, 5.41) is 9.29. The van der Waals surface area contributed by atoms with Gasteiger partial charge in [0.2, 0.25) is 0 Å². The van der Waals surface area contributed by atoms with E-state index in [4.69, 9.17) is 4.74 Å². The average Bonchev–Trinajstić information content (AvgIpc) is 2.98. The predicted octanol–water partition coefficient (Wildman–Crippen LogP) is 0.675. The van der Waals surface area contributed by atoms with Crippen LogP contribution in [0.1, 0.15) is 19.3 Å². The highest BCUT2D eigenvalue weighted by Gasteiger charge is 2.78. The number of carbonyl (C=O) groups is 2. The van der Waals surface area contributed by atoms with Crippen molar-refractivity contribution >= 4 is 11.9 Å². The van der Waals surface area contributed by atoms with Crippen LogP contribution in [0.3, 0.4) is 0 Å². The van der Waals surface area contributed by atoms with E-state index >= 15 is 0 Å². The van der Waals surface area contributed by atoms with Crippen molar-refractivity contribution in [3.63, 3.8) is 0 Å². The van der Waals surface area contributed by atoms with Crippen LogP contribution in [-0.4, -0.2) is 37.4 Å². The van der Waals surface area contributed by atoms with Crippen molar-refractivity contribution < 1.29 is 24.2 Å². The Kier molecular flexibility index (Phi) is 2.66. The summed E-state index contributed by atoms with van der Waals surface area (Å²) in [6.45, 7) is 0. The summed E-state index contributed by atoms with van der Waals surface area (Å²) in [6.07, 6.45) is 2.37. The summed E-state index contributed by atoms with van der Waals surface area (Å²) in [5.41, 5.74) is -1.34. The third-order valence-electron chi connectivity index (χ3n) is 4.02. The van der Waals surface area contributed by atoms with Gasteiger partial charge in [0.25, 0.3) is 0 Å². The molecule has 4 atom stereocenters. The van der Waals surface area contributed by atoms with Gasteiger partial charge in [0, 0.05) is 13.0 Å². The second-order valence-electron chi connectivity index (χ2n) is 4.50. The third-order valence-corrected chi connectivity index (χ3v) is 4.02.